The molecule has 0 saturated carbocycles. The maximum absolute atomic E-state index is 13.1. The Labute approximate surface area is 528 Å². The maximum atomic E-state index is 13.1. The van der Waals surface area contributed by atoms with Crippen molar-refractivity contribution in [1.29, 1.82) is 0 Å². The van der Waals surface area contributed by atoms with Crippen molar-refractivity contribution in [2.24, 2.45) is 0 Å². The van der Waals surface area contributed by atoms with Crippen molar-refractivity contribution >= 4 is 13.7 Å². The number of carbonyl (C=O) groups excluding carboxylic acids is 1. The number of phosphoric acid groups is 1. The molecule has 0 aromatic heterocycles. The summed E-state index contributed by atoms with van der Waals surface area (Å²) < 4.78 is 23.9. The zero-order chi connectivity index (χ0) is 61.9. The van der Waals surface area contributed by atoms with E-state index in [9.17, 15) is 19.4 Å². The predicted octanol–water partition coefficient (Wildman–Crippen LogP) is 23.3. The largest absolute Gasteiger partial charge is 0.472 e. The highest BCUT2D eigenvalue weighted by atomic mass is 31.2. The molecule has 3 atom stereocenters. The molecule has 3 unspecified atom stereocenters. The molecule has 0 saturated heterocycles. The van der Waals surface area contributed by atoms with E-state index in [1.165, 1.54) is 199 Å². The van der Waals surface area contributed by atoms with Gasteiger partial charge in [-0.15, -0.1) is 0 Å². The van der Waals surface area contributed by atoms with Crippen LogP contribution in [0.5, 0.6) is 0 Å². The van der Waals surface area contributed by atoms with E-state index in [1.54, 1.807) is 0 Å². The minimum Gasteiger partial charge on any atom is -0.391 e. The van der Waals surface area contributed by atoms with Gasteiger partial charge < -0.3 is 19.8 Å². The van der Waals surface area contributed by atoms with Gasteiger partial charge in [-0.25, -0.2) is 4.57 Å². The van der Waals surface area contributed by atoms with E-state index in [0.29, 0.717) is 23.9 Å². The number of carbonyl (C=O) groups is 1. The highest BCUT2D eigenvalue weighted by Crippen LogP contribution is 2.43. The van der Waals surface area contributed by atoms with Gasteiger partial charge in [-0.3, -0.25) is 13.8 Å². The average Bonchev–Trinajstić information content (AvgIpc) is 3.49. The molecule has 0 spiro atoms. The molecule has 0 aliphatic carbocycles. The number of quaternary nitrogens is 1. The van der Waals surface area contributed by atoms with Gasteiger partial charge in [0.15, 0.2) is 0 Å². The number of hydrogen-bond acceptors (Lipinski definition) is 5. The van der Waals surface area contributed by atoms with Crippen molar-refractivity contribution < 1.29 is 32.9 Å². The van der Waals surface area contributed by atoms with E-state index in [1.807, 2.05) is 21.1 Å². The van der Waals surface area contributed by atoms with Crippen molar-refractivity contribution in [3.63, 3.8) is 0 Å². The second-order valence-corrected chi connectivity index (χ2v) is 27.0. The molecule has 8 nitrogen and oxygen atoms in total. The van der Waals surface area contributed by atoms with Crippen LogP contribution in [0.1, 0.15) is 328 Å². The molecular formula is C76H140N2O6P+. The van der Waals surface area contributed by atoms with Crippen LogP contribution in [-0.2, 0) is 18.4 Å². The van der Waals surface area contributed by atoms with Crippen LogP contribution >= 0.6 is 7.82 Å². The normalized spacial score (nSPS) is 14.2. The summed E-state index contributed by atoms with van der Waals surface area (Å²) in [4.78, 5) is 23.5. The van der Waals surface area contributed by atoms with Gasteiger partial charge in [-0.1, -0.05) is 342 Å². The molecule has 0 aromatic rings. The first-order valence-electron chi connectivity index (χ1n) is 36.1. The number of amides is 1. The zero-order valence-corrected chi connectivity index (χ0v) is 57.5. The molecule has 3 N–H and O–H groups in total. The van der Waals surface area contributed by atoms with Crippen molar-refractivity contribution in [1.82, 2.24) is 5.32 Å². The van der Waals surface area contributed by atoms with E-state index < -0.39 is 20.0 Å². The van der Waals surface area contributed by atoms with E-state index in [2.05, 4.69) is 116 Å². The molecule has 1 amide bonds. The fraction of sp³-hybridized carbons (Fsp3) is 0.776. The van der Waals surface area contributed by atoms with Gasteiger partial charge in [0, 0.05) is 6.42 Å². The maximum Gasteiger partial charge on any atom is 0.472 e. The Morgan fingerprint density at radius 1 is 0.412 bits per heavy atom. The summed E-state index contributed by atoms with van der Waals surface area (Å²) in [7, 11) is 1.60. The minimum absolute atomic E-state index is 0.0672. The molecular weight excluding hydrogens is 1070 g/mol. The second-order valence-electron chi connectivity index (χ2n) is 25.6. The molecule has 0 bridgehead atoms. The van der Waals surface area contributed by atoms with E-state index >= 15 is 0 Å². The molecule has 0 aliphatic rings. The van der Waals surface area contributed by atoms with E-state index in [4.69, 9.17) is 9.05 Å². The van der Waals surface area contributed by atoms with Crippen LogP contribution in [0.3, 0.4) is 0 Å². The summed E-state index contributed by atoms with van der Waals surface area (Å²) in [5, 5.41) is 14.2. The lowest BCUT2D eigenvalue weighted by Crippen LogP contribution is -2.46. The third kappa shape index (κ3) is 68.8. The molecule has 0 aromatic carbocycles. The van der Waals surface area contributed by atoms with Crippen LogP contribution in [0.25, 0.3) is 0 Å². The van der Waals surface area contributed by atoms with Gasteiger partial charge in [0.2, 0.25) is 5.91 Å². The van der Waals surface area contributed by atoms with Gasteiger partial charge in [-0.05, 0) is 77.0 Å². The van der Waals surface area contributed by atoms with Crippen molar-refractivity contribution in [2.75, 3.05) is 40.9 Å². The second kappa shape index (κ2) is 65.9. The first-order valence-corrected chi connectivity index (χ1v) is 37.6. The summed E-state index contributed by atoms with van der Waals surface area (Å²) in [6, 6.07) is -0.778. The Morgan fingerprint density at radius 3 is 1.04 bits per heavy atom. The number of rotatable bonds is 66. The summed E-state index contributed by atoms with van der Waals surface area (Å²) in [6.45, 7) is 4.79. The number of unbranched alkanes of at least 4 members (excludes halogenated alkanes) is 37. The third-order valence-corrected chi connectivity index (χ3v) is 17.1. The van der Waals surface area contributed by atoms with Gasteiger partial charge in [0.1, 0.15) is 13.2 Å². The molecule has 494 valence electrons. The van der Waals surface area contributed by atoms with Crippen LogP contribution in [0.15, 0.2) is 97.2 Å². The summed E-state index contributed by atoms with van der Waals surface area (Å²) in [5.41, 5.74) is 0. The lowest BCUT2D eigenvalue weighted by atomic mass is 10.0. The van der Waals surface area contributed by atoms with Crippen LogP contribution in [0.2, 0.25) is 0 Å². The monoisotopic (exact) mass is 1210 g/mol. The molecule has 0 heterocycles. The van der Waals surface area contributed by atoms with Gasteiger partial charge >= 0.3 is 7.82 Å². The Bertz CT molecular complexity index is 1710. The number of hydrogen-bond donors (Lipinski definition) is 3. The standard InChI is InChI=1S/C76H139N2O6P/c1-6-8-10-12-14-16-18-20-22-24-26-28-30-32-34-36-38-40-41-43-45-47-49-51-53-55-57-59-61-63-65-67-69-75(79)74(73-84-85(81,82)83-72-71-78(3,4)5)77-76(80)70-68-66-64-62-60-58-56-54-52-50-48-46-44-42-39-37-35-33-31-29-27-25-23-21-19-17-15-13-11-9-7-2/h9,11,15,17,21,23,27,29,33,35,39,42,46,48,52,54,74-75,79H,6-8,10,12-14,16,18-20,22,24-26,28,30-32,34,36-38,40-41,43-45,47,49-51,53,55-73H2,1-5H3,(H-,77,80,81,82)/p+1/b11-9-,17-15-,23-21-,29-27-,35-33-,42-39-,48-46-,54-52-. The number of aliphatic hydroxyl groups excluding tert-OH is 1. The van der Waals surface area contributed by atoms with Crippen molar-refractivity contribution in [3.8, 4) is 0 Å². The average molecular weight is 1210 g/mol. The van der Waals surface area contributed by atoms with Crippen molar-refractivity contribution in [2.45, 2.75) is 341 Å². The van der Waals surface area contributed by atoms with E-state index in [-0.39, 0.29) is 19.1 Å². The number of allylic oxidation sites excluding steroid dienone is 16. The highest BCUT2D eigenvalue weighted by Gasteiger charge is 2.28. The van der Waals surface area contributed by atoms with Crippen LogP contribution in [0, 0.1) is 0 Å². The smallest absolute Gasteiger partial charge is 0.391 e. The Balaban J connectivity index is 4.09. The molecule has 0 rings (SSSR count). The first kappa shape index (κ1) is 82.4. The lowest BCUT2D eigenvalue weighted by Gasteiger charge is -2.26. The summed E-state index contributed by atoms with van der Waals surface area (Å²) in [5.74, 6) is -0.158. The third-order valence-electron chi connectivity index (χ3n) is 16.1. The molecule has 85 heavy (non-hydrogen) atoms. The number of aliphatic hydroxyl groups is 1. The van der Waals surface area contributed by atoms with Crippen LogP contribution in [-0.4, -0.2) is 73.4 Å². The number of nitrogens with one attached hydrogen (secondary N) is 1. The number of phosphoric ester groups is 1. The Morgan fingerprint density at radius 2 is 0.706 bits per heavy atom. The molecule has 9 heteroatoms. The molecule has 0 fully saturated rings. The summed E-state index contributed by atoms with van der Waals surface area (Å²) >= 11 is 0. The highest BCUT2D eigenvalue weighted by molar-refractivity contribution is 7.47. The topological polar surface area (TPSA) is 105 Å². The van der Waals surface area contributed by atoms with Gasteiger partial charge in [0.25, 0.3) is 0 Å². The fourth-order valence-corrected chi connectivity index (χ4v) is 11.3. The zero-order valence-electron chi connectivity index (χ0n) is 56.6. The number of likely N-dealkylation sites (N-methyl/N-ethyl adjacent to an activating group) is 1. The minimum atomic E-state index is -4.34. The lowest BCUT2D eigenvalue weighted by molar-refractivity contribution is -0.870. The summed E-state index contributed by atoms with van der Waals surface area (Å²) in [6.07, 6.45) is 95.2. The van der Waals surface area contributed by atoms with Crippen molar-refractivity contribution in [3.05, 3.63) is 97.2 Å². The SMILES string of the molecule is CC/C=C\C/C=C\C/C=C\C/C=C\C/C=C\C/C=C\C/C=C\C/C=C\CCCCCCCCC(=O)NC(COP(=O)(O)OCC[N+](C)(C)C)C(O)CCCCCCCCCCCCCCCCCCCCCCCCCCCCCCCCCC. The van der Waals surface area contributed by atoms with Gasteiger partial charge in [0.05, 0.1) is 39.9 Å². The predicted molar refractivity (Wildman–Crippen MR) is 373 cm³/mol. The Hall–Kier alpha value is -2.58. The van der Waals surface area contributed by atoms with Crippen LogP contribution < -0.4 is 5.32 Å². The van der Waals surface area contributed by atoms with E-state index in [0.717, 1.165) is 103 Å². The number of nitrogens with zero attached hydrogens (tertiary/aromatic N) is 1. The molecule has 0 aliphatic heterocycles. The Kier molecular flexibility index (Phi) is 63.9. The quantitative estimate of drug-likeness (QED) is 0.0243. The van der Waals surface area contributed by atoms with Gasteiger partial charge in [-0.2, -0.15) is 0 Å². The fourth-order valence-electron chi connectivity index (χ4n) is 10.5. The first-order chi connectivity index (χ1) is 41.5. The molecule has 0 radical (unpaired) electrons. The van der Waals surface area contributed by atoms with Crippen LogP contribution in [0.4, 0.5) is 0 Å².